The molecule has 0 amide bonds. The molecular weight excluding hydrogens is 285 g/mol. The van der Waals surface area contributed by atoms with Crippen molar-refractivity contribution in [1.29, 1.82) is 0 Å². The minimum absolute atomic E-state index is 0.232. The molecule has 0 aliphatic rings. The van der Waals surface area contributed by atoms with Gasteiger partial charge in [-0.05, 0) is 30.2 Å². The van der Waals surface area contributed by atoms with Crippen LogP contribution < -0.4 is 5.32 Å². The van der Waals surface area contributed by atoms with Gasteiger partial charge >= 0.3 is 6.18 Å². The summed E-state index contributed by atoms with van der Waals surface area (Å²) in [5.41, 5.74) is 8.82. The number of halogens is 3. The smallest absolute Gasteiger partial charge is 0.324 e. The highest BCUT2D eigenvalue weighted by atomic mass is 19.4. The molecule has 2 aromatic rings. The zero-order valence-corrected chi connectivity index (χ0v) is 10.8. The van der Waals surface area contributed by atoms with Crippen molar-refractivity contribution in [3.8, 4) is 0 Å². The van der Waals surface area contributed by atoms with Crippen LogP contribution in [0.1, 0.15) is 11.3 Å². The lowest BCUT2D eigenvalue weighted by Crippen LogP contribution is -2.10. The molecule has 0 unspecified atom stereocenters. The van der Waals surface area contributed by atoms with E-state index < -0.39 is 11.9 Å². The second-order valence-corrected chi connectivity index (χ2v) is 4.10. The van der Waals surface area contributed by atoms with Crippen molar-refractivity contribution in [1.82, 2.24) is 9.97 Å². The Hall–Kier alpha value is -2.80. The van der Waals surface area contributed by atoms with Gasteiger partial charge < -0.3 is 5.32 Å². The van der Waals surface area contributed by atoms with E-state index in [-0.39, 0.29) is 11.6 Å². The summed E-state index contributed by atoms with van der Waals surface area (Å²) >= 11 is 0. The average molecular weight is 294 g/mol. The zero-order valence-electron chi connectivity index (χ0n) is 10.8. The lowest BCUT2D eigenvalue weighted by atomic mass is 10.2. The first-order chi connectivity index (χ1) is 9.90. The van der Waals surface area contributed by atoms with Crippen LogP contribution in [0.15, 0.2) is 35.6 Å². The van der Waals surface area contributed by atoms with Gasteiger partial charge in [-0.1, -0.05) is 17.2 Å². The largest absolute Gasteiger partial charge is 0.433 e. The number of aromatic nitrogens is 2. The Bertz CT molecular complexity index is 706. The van der Waals surface area contributed by atoms with Crippen molar-refractivity contribution < 1.29 is 13.2 Å². The summed E-state index contributed by atoms with van der Waals surface area (Å²) in [6.07, 6.45) is -3.55. The molecule has 108 valence electrons. The third-order valence-corrected chi connectivity index (χ3v) is 2.50. The van der Waals surface area contributed by atoms with Gasteiger partial charge in [0.25, 0.3) is 0 Å². The van der Waals surface area contributed by atoms with Gasteiger partial charge in [0.15, 0.2) is 0 Å². The maximum absolute atomic E-state index is 12.6. The van der Waals surface area contributed by atoms with Crippen molar-refractivity contribution >= 4 is 17.3 Å². The van der Waals surface area contributed by atoms with Crippen molar-refractivity contribution in [2.75, 3.05) is 5.32 Å². The fraction of sp³-hybridized carbons (Fsp3) is 0.167. The van der Waals surface area contributed by atoms with E-state index in [1.807, 2.05) is 0 Å². The van der Waals surface area contributed by atoms with Gasteiger partial charge in [-0.2, -0.15) is 13.2 Å². The molecule has 0 aliphatic heterocycles. The van der Waals surface area contributed by atoms with Crippen LogP contribution in [0.3, 0.4) is 0 Å². The number of nitrogens with one attached hydrogen (secondary N) is 1. The first-order valence-electron chi connectivity index (χ1n) is 5.73. The van der Waals surface area contributed by atoms with Gasteiger partial charge in [-0.25, -0.2) is 9.97 Å². The van der Waals surface area contributed by atoms with Crippen LogP contribution in [0.5, 0.6) is 0 Å². The molecule has 0 aliphatic carbocycles. The summed E-state index contributed by atoms with van der Waals surface area (Å²) in [6, 6.07) is 5.65. The Morgan fingerprint density at radius 2 is 2.05 bits per heavy atom. The van der Waals surface area contributed by atoms with Gasteiger partial charge in [0.1, 0.15) is 5.69 Å². The Morgan fingerprint density at radius 3 is 2.71 bits per heavy atom. The number of hydrogen-bond acceptors (Lipinski definition) is 4. The summed E-state index contributed by atoms with van der Waals surface area (Å²) in [7, 11) is 0. The number of aryl methyl sites for hydroxylation is 1. The first kappa shape index (κ1) is 14.6. The second kappa shape index (κ2) is 5.68. The fourth-order valence-electron chi connectivity index (χ4n) is 1.58. The maximum atomic E-state index is 12.6. The van der Waals surface area contributed by atoms with Crippen molar-refractivity contribution in [2.45, 2.75) is 13.1 Å². The molecule has 0 saturated carbocycles. The van der Waals surface area contributed by atoms with E-state index in [9.17, 15) is 13.2 Å². The molecule has 21 heavy (non-hydrogen) atoms. The number of alkyl halides is 3. The number of hydrogen-bond donors (Lipinski definition) is 1. The van der Waals surface area contributed by atoms with Crippen LogP contribution in [0.25, 0.3) is 10.4 Å². The molecule has 0 bridgehead atoms. The van der Waals surface area contributed by atoms with Gasteiger partial charge in [0.2, 0.25) is 5.95 Å². The molecule has 6 nitrogen and oxygen atoms in total. The van der Waals surface area contributed by atoms with Gasteiger partial charge in [0.05, 0.1) is 11.4 Å². The van der Waals surface area contributed by atoms with Crippen molar-refractivity contribution in [2.24, 2.45) is 5.11 Å². The van der Waals surface area contributed by atoms with E-state index in [2.05, 4.69) is 25.3 Å². The van der Waals surface area contributed by atoms with E-state index in [0.717, 1.165) is 17.8 Å². The van der Waals surface area contributed by atoms with E-state index in [1.54, 1.807) is 25.1 Å². The number of rotatable bonds is 3. The number of anilines is 2. The lowest BCUT2D eigenvalue weighted by molar-refractivity contribution is -0.141. The predicted octanol–water partition coefficient (Wildman–Crippen LogP) is 4.49. The number of nitrogens with zero attached hydrogens (tertiary/aromatic N) is 5. The van der Waals surface area contributed by atoms with Gasteiger partial charge in [-0.15, -0.1) is 0 Å². The van der Waals surface area contributed by atoms with Crippen LogP contribution in [-0.2, 0) is 6.18 Å². The molecule has 1 N–H and O–H groups in total. The summed E-state index contributed by atoms with van der Waals surface area (Å²) < 4.78 is 37.8. The average Bonchev–Trinajstić information content (AvgIpc) is 2.41. The Morgan fingerprint density at radius 1 is 1.29 bits per heavy atom. The number of azide groups is 1. The normalized spacial score (nSPS) is 10.9. The van der Waals surface area contributed by atoms with Crippen LogP contribution >= 0.6 is 0 Å². The quantitative estimate of drug-likeness (QED) is 0.514. The van der Waals surface area contributed by atoms with E-state index in [4.69, 9.17) is 5.53 Å². The monoisotopic (exact) mass is 294 g/mol. The topological polar surface area (TPSA) is 86.6 Å². The third-order valence-electron chi connectivity index (χ3n) is 2.50. The SMILES string of the molecule is Cc1ccc(N=[N+]=[N-])c(Nc2nccc(C(F)(F)F)n2)c1. The molecular formula is C12H9F3N6. The maximum Gasteiger partial charge on any atom is 0.433 e. The molecule has 0 atom stereocenters. The molecule has 1 aromatic carbocycles. The minimum atomic E-state index is -4.56. The zero-order chi connectivity index (χ0) is 15.5. The molecule has 1 heterocycles. The molecule has 0 fully saturated rings. The third kappa shape index (κ3) is 3.61. The Kier molecular flexibility index (Phi) is 3.95. The Labute approximate surface area is 117 Å². The summed E-state index contributed by atoms with van der Waals surface area (Å²) in [5, 5.41) is 6.08. The van der Waals surface area contributed by atoms with Crippen LogP contribution in [0.4, 0.5) is 30.5 Å². The standard InChI is InChI=1S/C12H9F3N6/c1-7-2-3-8(20-21-16)9(6-7)18-11-17-5-4-10(19-11)12(13,14)15/h2-6H,1H3,(H,17,18,19). The highest BCUT2D eigenvalue weighted by molar-refractivity contribution is 5.70. The second-order valence-electron chi connectivity index (χ2n) is 4.10. The van der Waals surface area contributed by atoms with E-state index >= 15 is 0 Å². The van der Waals surface area contributed by atoms with Crippen molar-refractivity contribution in [3.05, 3.63) is 52.2 Å². The van der Waals surface area contributed by atoms with Crippen molar-refractivity contribution in [3.63, 3.8) is 0 Å². The molecule has 0 saturated heterocycles. The first-order valence-corrected chi connectivity index (χ1v) is 5.73. The molecule has 0 radical (unpaired) electrons. The molecule has 1 aromatic heterocycles. The summed E-state index contributed by atoms with van der Waals surface area (Å²) in [4.78, 5) is 9.77. The van der Waals surface area contributed by atoms with E-state index in [0.29, 0.717) is 5.69 Å². The Balaban J connectivity index is 2.38. The minimum Gasteiger partial charge on any atom is -0.324 e. The summed E-state index contributed by atoms with van der Waals surface area (Å²) in [5.74, 6) is -0.232. The van der Waals surface area contributed by atoms with Crippen LogP contribution in [0.2, 0.25) is 0 Å². The fourth-order valence-corrected chi connectivity index (χ4v) is 1.58. The summed E-state index contributed by atoms with van der Waals surface area (Å²) in [6.45, 7) is 1.79. The van der Waals surface area contributed by atoms with Crippen LogP contribution in [-0.4, -0.2) is 9.97 Å². The lowest BCUT2D eigenvalue weighted by Gasteiger charge is -2.10. The predicted molar refractivity (Wildman–Crippen MR) is 70.3 cm³/mol. The molecule has 9 heteroatoms. The van der Waals surface area contributed by atoms with Crippen LogP contribution in [0, 0.1) is 6.92 Å². The van der Waals surface area contributed by atoms with E-state index in [1.165, 1.54) is 0 Å². The highest BCUT2D eigenvalue weighted by Crippen LogP contribution is 2.30. The number of benzene rings is 1. The van der Waals surface area contributed by atoms with Gasteiger partial charge in [-0.3, -0.25) is 0 Å². The molecule has 0 spiro atoms. The molecule has 2 rings (SSSR count). The highest BCUT2D eigenvalue weighted by Gasteiger charge is 2.32. The van der Waals surface area contributed by atoms with Gasteiger partial charge in [0, 0.05) is 11.1 Å².